The van der Waals surface area contributed by atoms with Crippen molar-refractivity contribution in [1.82, 2.24) is 9.55 Å². The van der Waals surface area contributed by atoms with Crippen LogP contribution in [-0.4, -0.2) is 22.6 Å². The number of rotatable bonds is 3. The van der Waals surface area contributed by atoms with Gasteiger partial charge in [0, 0.05) is 24.8 Å². The number of aryl methyl sites for hydroxylation is 1. The lowest BCUT2D eigenvalue weighted by atomic mass is 10.0. The molecule has 5 heteroatoms. The molecule has 2 N–H and O–H groups in total. The molecule has 21 heavy (non-hydrogen) atoms. The fourth-order valence-electron chi connectivity index (χ4n) is 2.48. The number of nitrogens with two attached hydrogens (primary N) is 1. The van der Waals surface area contributed by atoms with Crippen LogP contribution in [0.4, 0.5) is 0 Å². The number of nitrogens with zero attached hydrogens (tertiary/aromatic N) is 2. The zero-order chi connectivity index (χ0) is 15.0. The normalized spacial score (nSPS) is 10.8. The van der Waals surface area contributed by atoms with Crippen molar-refractivity contribution in [3.05, 3.63) is 48.3 Å². The first kappa shape index (κ1) is 13.2. The number of amides is 1. The van der Waals surface area contributed by atoms with Crippen LogP contribution in [-0.2, 0) is 7.05 Å². The Morgan fingerprint density at radius 3 is 2.81 bits per heavy atom. The van der Waals surface area contributed by atoms with E-state index in [-0.39, 0.29) is 0 Å². The number of carbonyl (C=O) groups excluding carboxylic acids is 1. The molecule has 1 amide bonds. The predicted molar refractivity (Wildman–Crippen MR) is 81.2 cm³/mol. The Morgan fingerprint density at radius 1 is 1.29 bits per heavy atom. The van der Waals surface area contributed by atoms with Gasteiger partial charge in [0.1, 0.15) is 11.4 Å². The van der Waals surface area contributed by atoms with E-state index in [2.05, 4.69) is 4.98 Å². The molecule has 0 aliphatic rings. The van der Waals surface area contributed by atoms with Gasteiger partial charge < -0.3 is 15.0 Å². The van der Waals surface area contributed by atoms with E-state index < -0.39 is 5.91 Å². The number of ether oxygens (including phenoxy) is 1. The number of benzene rings is 1. The van der Waals surface area contributed by atoms with Gasteiger partial charge in [0.25, 0.3) is 5.91 Å². The van der Waals surface area contributed by atoms with Crippen LogP contribution in [0, 0.1) is 0 Å². The van der Waals surface area contributed by atoms with Crippen molar-refractivity contribution in [2.45, 2.75) is 0 Å². The highest BCUT2D eigenvalue weighted by atomic mass is 16.5. The van der Waals surface area contributed by atoms with Crippen molar-refractivity contribution in [2.24, 2.45) is 12.8 Å². The van der Waals surface area contributed by atoms with Crippen LogP contribution in [0.5, 0.6) is 5.75 Å². The van der Waals surface area contributed by atoms with Crippen LogP contribution in [0.2, 0.25) is 0 Å². The summed E-state index contributed by atoms with van der Waals surface area (Å²) in [5.74, 6) is -0.0309. The molecule has 0 saturated carbocycles. The number of fused-ring (bicyclic) bond motifs is 1. The summed E-state index contributed by atoms with van der Waals surface area (Å²) in [5.41, 5.74) is 8.59. The zero-order valence-corrected chi connectivity index (χ0v) is 11.8. The third-order valence-electron chi connectivity index (χ3n) is 3.54. The van der Waals surface area contributed by atoms with E-state index in [4.69, 9.17) is 10.5 Å². The first-order valence-corrected chi connectivity index (χ1v) is 6.50. The molecule has 2 aromatic heterocycles. The van der Waals surface area contributed by atoms with E-state index in [1.807, 2.05) is 36.0 Å². The molecule has 0 radical (unpaired) electrons. The van der Waals surface area contributed by atoms with Crippen LogP contribution >= 0.6 is 0 Å². The highest BCUT2D eigenvalue weighted by molar-refractivity contribution is 5.99. The van der Waals surface area contributed by atoms with Gasteiger partial charge in [0.2, 0.25) is 0 Å². The summed E-state index contributed by atoms with van der Waals surface area (Å²) in [6, 6.07) is 9.35. The summed E-state index contributed by atoms with van der Waals surface area (Å²) in [5, 5.41) is 1.03. The molecular formula is C16H15N3O2. The minimum atomic E-state index is -0.507. The lowest BCUT2D eigenvalue weighted by Crippen LogP contribution is -2.12. The van der Waals surface area contributed by atoms with Crippen molar-refractivity contribution in [1.29, 1.82) is 0 Å². The van der Waals surface area contributed by atoms with Gasteiger partial charge in [-0.2, -0.15) is 0 Å². The Balaban J connectivity index is 2.23. The van der Waals surface area contributed by atoms with Crippen LogP contribution in [0.25, 0.3) is 22.2 Å². The lowest BCUT2D eigenvalue weighted by molar-refractivity contribution is 0.0997. The second-order valence-electron chi connectivity index (χ2n) is 4.80. The van der Waals surface area contributed by atoms with Gasteiger partial charge in [-0.1, -0.05) is 6.07 Å². The van der Waals surface area contributed by atoms with Crippen molar-refractivity contribution in [2.75, 3.05) is 7.11 Å². The third kappa shape index (κ3) is 2.12. The Bertz CT molecular complexity index is 837. The number of hydrogen-bond acceptors (Lipinski definition) is 3. The Hall–Kier alpha value is -2.82. The highest BCUT2D eigenvalue weighted by Crippen LogP contribution is 2.31. The number of hydrogen-bond donors (Lipinski definition) is 1. The zero-order valence-electron chi connectivity index (χ0n) is 11.8. The first-order chi connectivity index (χ1) is 10.1. The van der Waals surface area contributed by atoms with E-state index >= 15 is 0 Å². The second kappa shape index (κ2) is 4.94. The summed E-state index contributed by atoms with van der Waals surface area (Å²) in [7, 11) is 3.46. The minimum absolute atomic E-state index is 0.371. The maximum Gasteiger partial charge on any atom is 0.252 e. The van der Waals surface area contributed by atoms with Gasteiger partial charge in [0.15, 0.2) is 0 Å². The number of pyridine rings is 1. The topological polar surface area (TPSA) is 70.1 Å². The molecule has 0 spiro atoms. The first-order valence-electron chi connectivity index (χ1n) is 6.50. The second-order valence-corrected chi connectivity index (χ2v) is 4.80. The van der Waals surface area contributed by atoms with Crippen molar-refractivity contribution in [3.63, 3.8) is 0 Å². The predicted octanol–water partition coefficient (Wildman–Crippen LogP) is 2.35. The van der Waals surface area contributed by atoms with Gasteiger partial charge in [-0.05, 0) is 35.4 Å². The average Bonchev–Trinajstić information content (AvgIpc) is 2.88. The third-order valence-corrected chi connectivity index (χ3v) is 3.54. The molecule has 0 bridgehead atoms. The molecule has 0 aliphatic heterocycles. The number of aromatic nitrogens is 2. The summed E-state index contributed by atoms with van der Waals surface area (Å²) < 4.78 is 7.13. The average molecular weight is 281 g/mol. The maximum absolute atomic E-state index is 11.6. The van der Waals surface area contributed by atoms with E-state index in [1.54, 1.807) is 18.3 Å². The molecule has 0 aliphatic carbocycles. The minimum Gasteiger partial charge on any atom is -0.496 e. The van der Waals surface area contributed by atoms with Crippen LogP contribution in [0.15, 0.2) is 42.7 Å². The molecule has 3 rings (SSSR count). The van der Waals surface area contributed by atoms with Gasteiger partial charge in [-0.15, -0.1) is 0 Å². The monoisotopic (exact) mass is 281 g/mol. The fraction of sp³-hybridized carbons (Fsp3) is 0.125. The summed E-state index contributed by atoms with van der Waals surface area (Å²) >= 11 is 0. The van der Waals surface area contributed by atoms with Crippen molar-refractivity contribution < 1.29 is 9.53 Å². The molecular weight excluding hydrogens is 266 g/mol. The van der Waals surface area contributed by atoms with Gasteiger partial charge in [-0.3, -0.25) is 4.79 Å². The largest absolute Gasteiger partial charge is 0.496 e. The molecule has 2 heterocycles. The van der Waals surface area contributed by atoms with Gasteiger partial charge in [-0.25, -0.2) is 4.98 Å². The van der Waals surface area contributed by atoms with Crippen LogP contribution in [0.1, 0.15) is 10.4 Å². The molecule has 0 fully saturated rings. The van der Waals surface area contributed by atoms with Gasteiger partial charge >= 0.3 is 0 Å². The van der Waals surface area contributed by atoms with E-state index in [1.165, 1.54) is 7.11 Å². The standard InChI is InChI=1S/C16H15N3O2/c1-19-8-6-12-11(5-7-18-16(12)19)10-3-4-14(21-2)13(9-10)15(17)20/h3-9H,1-2H3,(H2,17,20). The smallest absolute Gasteiger partial charge is 0.252 e. The molecule has 0 saturated heterocycles. The number of carbonyl (C=O) groups is 1. The molecule has 1 aromatic carbocycles. The number of methoxy groups -OCH3 is 1. The van der Waals surface area contributed by atoms with Crippen molar-refractivity contribution >= 4 is 16.9 Å². The fourth-order valence-corrected chi connectivity index (χ4v) is 2.48. The highest BCUT2D eigenvalue weighted by Gasteiger charge is 2.13. The summed E-state index contributed by atoms with van der Waals surface area (Å²) in [6.45, 7) is 0. The van der Waals surface area contributed by atoms with E-state index in [9.17, 15) is 4.79 Å². The van der Waals surface area contributed by atoms with Crippen molar-refractivity contribution in [3.8, 4) is 16.9 Å². The van der Waals surface area contributed by atoms with E-state index in [0.29, 0.717) is 11.3 Å². The van der Waals surface area contributed by atoms with E-state index in [0.717, 1.165) is 22.2 Å². The summed E-state index contributed by atoms with van der Waals surface area (Å²) in [6.07, 6.45) is 3.71. The van der Waals surface area contributed by atoms with Crippen LogP contribution in [0.3, 0.4) is 0 Å². The molecule has 106 valence electrons. The molecule has 3 aromatic rings. The van der Waals surface area contributed by atoms with Gasteiger partial charge in [0.05, 0.1) is 12.7 Å². The Morgan fingerprint density at radius 2 is 2.10 bits per heavy atom. The molecule has 5 nitrogen and oxygen atoms in total. The Kier molecular flexibility index (Phi) is 3.10. The summed E-state index contributed by atoms with van der Waals surface area (Å²) in [4.78, 5) is 15.9. The molecule has 0 atom stereocenters. The van der Waals surface area contributed by atoms with Crippen LogP contribution < -0.4 is 10.5 Å². The SMILES string of the molecule is COc1ccc(-c2ccnc3c2ccn3C)cc1C(N)=O. The number of primary amides is 1. The quantitative estimate of drug-likeness (QED) is 0.801. The Labute approximate surface area is 122 Å². The maximum atomic E-state index is 11.6. The lowest BCUT2D eigenvalue weighted by Gasteiger charge is -2.09. The molecule has 0 unspecified atom stereocenters.